The normalized spacial score (nSPS) is 13.2. The van der Waals surface area contributed by atoms with Crippen molar-refractivity contribution in [3.05, 3.63) is 46.5 Å². The Bertz CT molecular complexity index is 984. The number of fused-ring (bicyclic) bond motifs is 2. The highest BCUT2D eigenvalue weighted by Crippen LogP contribution is 2.18. The lowest BCUT2D eigenvalue weighted by atomic mass is 10.2. The molecule has 0 bridgehead atoms. The fourth-order valence-corrected chi connectivity index (χ4v) is 2.61. The molecule has 1 aliphatic heterocycles. The Labute approximate surface area is 130 Å². The Kier molecular flexibility index (Phi) is 2.90. The third-order valence-corrected chi connectivity index (χ3v) is 3.78. The van der Waals surface area contributed by atoms with Crippen LogP contribution in [0.4, 0.5) is 5.95 Å². The van der Waals surface area contributed by atoms with Crippen LogP contribution in [-0.4, -0.2) is 32.0 Å². The topological polar surface area (TPSA) is 100 Å². The zero-order valence-corrected chi connectivity index (χ0v) is 12.4. The molecule has 116 valence electrons. The summed E-state index contributed by atoms with van der Waals surface area (Å²) in [5.74, 6) is 1.50. The fourth-order valence-electron chi connectivity index (χ4n) is 2.61. The number of aromatic nitrogens is 4. The maximum Gasteiger partial charge on any atom is 0.283 e. The van der Waals surface area contributed by atoms with Crippen molar-refractivity contribution < 1.29 is 4.74 Å². The number of imidazole rings is 1. The molecule has 4 rings (SSSR count). The summed E-state index contributed by atoms with van der Waals surface area (Å²) in [5.41, 5.74) is 7.35. The van der Waals surface area contributed by atoms with Gasteiger partial charge in [-0.15, -0.1) is 0 Å². The summed E-state index contributed by atoms with van der Waals surface area (Å²) in [7, 11) is 1.63. The molecule has 0 unspecified atom stereocenters. The zero-order valence-electron chi connectivity index (χ0n) is 12.4. The Hall–Kier alpha value is -3.16. The second-order valence-corrected chi connectivity index (χ2v) is 5.30. The van der Waals surface area contributed by atoms with Gasteiger partial charge in [-0.3, -0.25) is 9.36 Å². The number of rotatable bonds is 3. The minimum atomic E-state index is -0.220. The molecule has 3 heterocycles. The number of nitrogens with two attached hydrogens (primary N) is 1. The Morgan fingerprint density at radius 3 is 2.83 bits per heavy atom. The van der Waals surface area contributed by atoms with Crippen LogP contribution >= 0.6 is 0 Å². The van der Waals surface area contributed by atoms with E-state index < -0.39 is 0 Å². The van der Waals surface area contributed by atoms with Crippen LogP contribution in [0.25, 0.3) is 11.2 Å². The van der Waals surface area contributed by atoms with E-state index >= 15 is 0 Å². The predicted octanol–water partition coefficient (Wildman–Crippen LogP) is 0.652. The van der Waals surface area contributed by atoms with Gasteiger partial charge in [0.2, 0.25) is 5.95 Å². The van der Waals surface area contributed by atoms with Crippen molar-refractivity contribution in [2.75, 3.05) is 7.11 Å². The van der Waals surface area contributed by atoms with Gasteiger partial charge in [0.15, 0.2) is 11.2 Å². The smallest absolute Gasteiger partial charge is 0.283 e. The molecule has 0 spiro atoms. The van der Waals surface area contributed by atoms with Gasteiger partial charge in [0.25, 0.3) is 5.56 Å². The molecule has 0 saturated carbocycles. The molecule has 1 aromatic carbocycles. The average molecular weight is 310 g/mol. The van der Waals surface area contributed by atoms with E-state index in [2.05, 4.69) is 15.0 Å². The third kappa shape index (κ3) is 2.15. The Morgan fingerprint density at radius 1 is 1.30 bits per heavy atom. The van der Waals surface area contributed by atoms with Crippen LogP contribution in [0.5, 0.6) is 5.75 Å². The van der Waals surface area contributed by atoms with E-state index in [1.165, 1.54) is 4.57 Å². The molecule has 23 heavy (non-hydrogen) atoms. The van der Waals surface area contributed by atoms with Crippen LogP contribution < -0.4 is 16.0 Å². The fraction of sp³-hybridized carbons (Fsp3) is 0.200. The van der Waals surface area contributed by atoms with Crippen molar-refractivity contribution in [3.63, 3.8) is 0 Å². The molecule has 0 atom stereocenters. The van der Waals surface area contributed by atoms with Crippen LogP contribution in [0.3, 0.4) is 0 Å². The van der Waals surface area contributed by atoms with Crippen LogP contribution in [-0.2, 0) is 13.1 Å². The first-order chi connectivity index (χ1) is 11.2. The SMILES string of the molecule is COc1ccc(Cn2cnc3c(=O)n4c(nc32)N=C(N)C4)cc1. The molecule has 2 N–H and O–H groups in total. The maximum atomic E-state index is 12.4. The highest BCUT2D eigenvalue weighted by molar-refractivity contribution is 5.86. The lowest BCUT2D eigenvalue weighted by Crippen LogP contribution is -2.24. The number of aliphatic imine (C=N–C) groups is 1. The van der Waals surface area contributed by atoms with E-state index in [4.69, 9.17) is 10.5 Å². The van der Waals surface area contributed by atoms with E-state index in [0.29, 0.717) is 29.5 Å². The van der Waals surface area contributed by atoms with Crippen molar-refractivity contribution in [1.29, 1.82) is 0 Å². The number of hydrogen-bond acceptors (Lipinski definition) is 6. The maximum absolute atomic E-state index is 12.4. The van der Waals surface area contributed by atoms with Gasteiger partial charge >= 0.3 is 0 Å². The minimum Gasteiger partial charge on any atom is -0.497 e. The number of amidine groups is 1. The molecule has 0 amide bonds. The van der Waals surface area contributed by atoms with E-state index in [1.54, 1.807) is 13.4 Å². The average Bonchev–Trinajstić information content (AvgIpc) is 3.12. The van der Waals surface area contributed by atoms with Crippen molar-refractivity contribution in [2.45, 2.75) is 13.1 Å². The van der Waals surface area contributed by atoms with Gasteiger partial charge in [0.1, 0.15) is 11.6 Å². The largest absolute Gasteiger partial charge is 0.497 e. The number of nitrogens with zero attached hydrogens (tertiary/aromatic N) is 5. The van der Waals surface area contributed by atoms with Crippen LogP contribution in [0, 0.1) is 0 Å². The van der Waals surface area contributed by atoms with Gasteiger partial charge in [-0.2, -0.15) is 9.98 Å². The summed E-state index contributed by atoms with van der Waals surface area (Å²) in [6.45, 7) is 0.817. The molecule has 0 fully saturated rings. The summed E-state index contributed by atoms with van der Waals surface area (Å²) >= 11 is 0. The van der Waals surface area contributed by atoms with Gasteiger partial charge in [0.05, 0.1) is 26.5 Å². The van der Waals surface area contributed by atoms with Gasteiger partial charge in [-0.1, -0.05) is 12.1 Å². The van der Waals surface area contributed by atoms with Gasteiger partial charge in [-0.25, -0.2) is 4.98 Å². The van der Waals surface area contributed by atoms with E-state index in [1.807, 2.05) is 28.8 Å². The van der Waals surface area contributed by atoms with Gasteiger partial charge in [-0.05, 0) is 17.7 Å². The summed E-state index contributed by atoms with van der Waals surface area (Å²) < 4.78 is 8.40. The third-order valence-electron chi connectivity index (χ3n) is 3.78. The molecule has 8 nitrogen and oxygen atoms in total. The van der Waals surface area contributed by atoms with Crippen LogP contribution in [0.15, 0.2) is 40.4 Å². The lowest BCUT2D eigenvalue weighted by Gasteiger charge is -2.06. The Balaban J connectivity index is 1.77. The molecule has 0 aliphatic carbocycles. The van der Waals surface area contributed by atoms with Gasteiger partial charge < -0.3 is 15.0 Å². The molecular weight excluding hydrogens is 296 g/mol. The first-order valence-corrected chi connectivity index (χ1v) is 7.07. The van der Waals surface area contributed by atoms with Crippen LogP contribution in [0.1, 0.15) is 5.56 Å². The van der Waals surface area contributed by atoms with Crippen molar-refractivity contribution in [1.82, 2.24) is 19.1 Å². The highest BCUT2D eigenvalue weighted by Gasteiger charge is 2.20. The van der Waals surface area contributed by atoms with Crippen molar-refractivity contribution in [3.8, 4) is 5.75 Å². The minimum absolute atomic E-state index is 0.220. The zero-order chi connectivity index (χ0) is 16.0. The first kappa shape index (κ1) is 13.5. The van der Waals surface area contributed by atoms with E-state index in [-0.39, 0.29) is 12.1 Å². The van der Waals surface area contributed by atoms with Crippen molar-refractivity contribution >= 4 is 22.9 Å². The summed E-state index contributed by atoms with van der Waals surface area (Å²) in [6.07, 6.45) is 1.62. The molecular formula is C15H14N6O2. The number of benzene rings is 1. The molecule has 1 aliphatic rings. The van der Waals surface area contributed by atoms with E-state index in [9.17, 15) is 4.79 Å². The summed E-state index contributed by atoms with van der Waals surface area (Å²) in [4.78, 5) is 25.1. The first-order valence-electron chi connectivity index (χ1n) is 7.07. The number of hydrogen-bond donors (Lipinski definition) is 1. The van der Waals surface area contributed by atoms with Crippen LogP contribution in [0.2, 0.25) is 0 Å². The second-order valence-electron chi connectivity index (χ2n) is 5.30. The monoisotopic (exact) mass is 310 g/mol. The number of ether oxygens (including phenoxy) is 1. The molecule has 2 aromatic heterocycles. The predicted molar refractivity (Wildman–Crippen MR) is 85.2 cm³/mol. The second kappa shape index (κ2) is 4.94. The summed E-state index contributed by atoms with van der Waals surface area (Å²) in [6, 6.07) is 7.70. The quantitative estimate of drug-likeness (QED) is 0.765. The van der Waals surface area contributed by atoms with Crippen molar-refractivity contribution in [2.24, 2.45) is 10.7 Å². The molecule has 0 radical (unpaired) electrons. The Morgan fingerprint density at radius 2 is 2.09 bits per heavy atom. The standard InChI is InChI=1S/C15H14N6O2/c1-23-10-4-2-9(3-5-10)6-20-8-17-12-13(20)19-15-18-11(16)7-21(15)14(12)22/h2-5,8H,6-7H2,1H3,(H2,16,18,19). The van der Waals surface area contributed by atoms with Gasteiger partial charge in [0, 0.05) is 0 Å². The molecule has 8 heteroatoms. The number of methoxy groups -OCH3 is 1. The highest BCUT2D eigenvalue weighted by atomic mass is 16.5. The van der Waals surface area contributed by atoms with E-state index in [0.717, 1.165) is 11.3 Å². The lowest BCUT2D eigenvalue weighted by molar-refractivity contribution is 0.414. The molecule has 0 saturated heterocycles. The summed E-state index contributed by atoms with van der Waals surface area (Å²) in [5, 5.41) is 0. The molecule has 3 aromatic rings.